The molecule has 0 aliphatic carbocycles. The highest BCUT2D eigenvalue weighted by molar-refractivity contribution is 6.49. The van der Waals surface area contributed by atoms with E-state index < -0.39 is 23.9 Å². The van der Waals surface area contributed by atoms with Crippen molar-refractivity contribution in [3.05, 3.63) is 0 Å². The van der Waals surface area contributed by atoms with E-state index in [1.165, 1.54) is 0 Å². The second-order valence-electron chi connectivity index (χ2n) is 4.03. The SMILES string of the molecule is CCC(CO[SiH3])(O[SiH](C)C)O[SiH](C)C. The fourth-order valence-corrected chi connectivity index (χ4v) is 4.29. The van der Waals surface area contributed by atoms with Gasteiger partial charge in [0.05, 0.1) is 6.61 Å². The van der Waals surface area contributed by atoms with Gasteiger partial charge in [0.2, 0.25) is 0 Å². The molecule has 0 aliphatic rings. The summed E-state index contributed by atoms with van der Waals surface area (Å²) in [5.41, 5.74) is 0. The Kier molecular flexibility index (Phi) is 7.18. The van der Waals surface area contributed by atoms with Gasteiger partial charge in [0.25, 0.3) is 0 Å². The lowest BCUT2D eigenvalue weighted by atomic mass is 10.2. The topological polar surface area (TPSA) is 27.7 Å². The molecule has 0 rings (SSSR count). The molecular weight excluding hydrogens is 228 g/mol. The van der Waals surface area contributed by atoms with Crippen LogP contribution < -0.4 is 0 Å². The van der Waals surface area contributed by atoms with Crippen LogP contribution in [0.5, 0.6) is 0 Å². The lowest BCUT2D eigenvalue weighted by Gasteiger charge is -2.36. The largest absolute Gasteiger partial charge is 0.423 e. The molecule has 0 aromatic carbocycles. The summed E-state index contributed by atoms with van der Waals surface area (Å²) in [6.07, 6.45) is 0.881. The summed E-state index contributed by atoms with van der Waals surface area (Å²) in [5, 5.41) is 0. The fraction of sp³-hybridized carbons (Fsp3) is 1.00. The van der Waals surface area contributed by atoms with Crippen molar-refractivity contribution in [1.29, 1.82) is 0 Å². The molecule has 0 saturated heterocycles. The Morgan fingerprint density at radius 1 is 1.07 bits per heavy atom. The van der Waals surface area contributed by atoms with Crippen LogP contribution in [-0.2, 0) is 13.3 Å². The van der Waals surface area contributed by atoms with E-state index >= 15 is 0 Å². The second-order valence-corrected chi connectivity index (χ2v) is 9.27. The van der Waals surface area contributed by atoms with Crippen molar-refractivity contribution < 1.29 is 13.3 Å². The van der Waals surface area contributed by atoms with Crippen LogP contribution in [0, 0.1) is 0 Å². The fourth-order valence-electron chi connectivity index (χ4n) is 1.44. The van der Waals surface area contributed by atoms with Crippen LogP contribution in [-0.4, -0.2) is 41.0 Å². The van der Waals surface area contributed by atoms with Crippen LogP contribution in [0.25, 0.3) is 0 Å². The molecule has 0 N–H and O–H groups in total. The lowest BCUT2D eigenvalue weighted by molar-refractivity contribution is -0.145. The highest BCUT2D eigenvalue weighted by Gasteiger charge is 2.31. The van der Waals surface area contributed by atoms with Crippen LogP contribution in [0.15, 0.2) is 0 Å². The van der Waals surface area contributed by atoms with Crippen LogP contribution in [0.1, 0.15) is 13.3 Å². The Morgan fingerprint density at radius 3 is 1.71 bits per heavy atom. The third-order valence-corrected chi connectivity index (χ3v) is 3.89. The van der Waals surface area contributed by atoms with Crippen molar-refractivity contribution in [1.82, 2.24) is 0 Å². The summed E-state index contributed by atoms with van der Waals surface area (Å²) in [6, 6.07) is 0. The Balaban J connectivity index is 4.42. The maximum Gasteiger partial charge on any atom is 0.174 e. The van der Waals surface area contributed by atoms with E-state index in [0.717, 1.165) is 16.9 Å². The molecule has 0 amide bonds. The number of rotatable bonds is 7. The van der Waals surface area contributed by atoms with Crippen molar-refractivity contribution >= 4 is 28.6 Å². The van der Waals surface area contributed by atoms with Gasteiger partial charge in [-0.25, -0.2) is 0 Å². The van der Waals surface area contributed by atoms with Gasteiger partial charge in [-0.1, -0.05) is 6.92 Å². The molecule has 0 radical (unpaired) electrons. The lowest BCUT2D eigenvalue weighted by Crippen LogP contribution is -2.46. The molecule has 86 valence electrons. The zero-order valence-electron chi connectivity index (χ0n) is 10.3. The molecule has 0 aromatic rings. The minimum absolute atomic E-state index is 0.428. The molecule has 14 heavy (non-hydrogen) atoms. The monoisotopic (exact) mass is 252 g/mol. The first kappa shape index (κ1) is 14.5. The smallest absolute Gasteiger partial charge is 0.174 e. The maximum atomic E-state index is 5.99. The summed E-state index contributed by atoms with van der Waals surface area (Å²) in [6.45, 7) is 11.4. The van der Waals surface area contributed by atoms with E-state index in [2.05, 4.69) is 33.1 Å². The highest BCUT2D eigenvalue weighted by atomic mass is 28.3. The van der Waals surface area contributed by atoms with Gasteiger partial charge in [0, 0.05) is 0 Å². The van der Waals surface area contributed by atoms with Crippen LogP contribution in [0.4, 0.5) is 0 Å². The first-order valence-corrected chi connectivity index (χ1v) is 11.7. The minimum atomic E-state index is -1.07. The van der Waals surface area contributed by atoms with Gasteiger partial charge in [-0.3, -0.25) is 0 Å². The molecule has 3 nitrogen and oxygen atoms in total. The standard InChI is InChI=1S/C8H24O3Si3/c1-6-8(7-9-12,10-13(2)3)11-14(4)5/h13-14H,6-7H2,1-5,12H3. The molecule has 6 heteroatoms. The Hall–Kier alpha value is 0.531. The molecular formula is C8H24O3Si3. The van der Waals surface area contributed by atoms with Gasteiger partial charge in [-0.2, -0.15) is 0 Å². The van der Waals surface area contributed by atoms with E-state index in [1.807, 2.05) is 0 Å². The molecule has 0 unspecified atom stereocenters. The van der Waals surface area contributed by atoms with E-state index in [1.54, 1.807) is 0 Å². The molecule has 0 bridgehead atoms. The van der Waals surface area contributed by atoms with E-state index in [4.69, 9.17) is 13.3 Å². The molecule has 0 aliphatic heterocycles. The van der Waals surface area contributed by atoms with Crippen LogP contribution >= 0.6 is 0 Å². The highest BCUT2D eigenvalue weighted by Crippen LogP contribution is 2.20. The molecule has 0 aromatic heterocycles. The predicted molar refractivity (Wildman–Crippen MR) is 68.8 cm³/mol. The average Bonchev–Trinajstić information content (AvgIpc) is 2.02. The van der Waals surface area contributed by atoms with Gasteiger partial charge in [-0.05, 0) is 32.6 Å². The first-order chi connectivity index (χ1) is 6.45. The molecule has 0 saturated carbocycles. The van der Waals surface area contributed by atoms with E-state index in [0.29, 0.717) is 6.61 Å². The third kappa shape index (κ3) is 5.42. The predicted octanol–water partition coefficient (Wildman–Crippen LogP) is 0.390. The van der Waals surface area contributed by atoms with Gasteiger partial charge in [0.1, 0.15) is 10.5 Å². The van der Waals surface area contributed by atoms with Crippen molar-refractivity contribution in [2.75, 3.05) is 6.61 Å². The summed E-state index contributed by atoms with van der Waals surface area (Å²) in [5.74, 6) is -0.428. The van der Waals surface area contributed by atoms with Gasteiger partial charge in [-0.15, -0.1) is 0 Å². The number of hydrogen-bond donors (Lipinski definition) is 0. The normalized spacial score (nSPS) is 13.1. The Bertz CT molecular complexity index is 143. The summed E-state index contributed by atoms with van der Waals surface area (Å²) in [7, 11) is -1.40. The van der Waals surface area contributed by atoms with Gasteiger partial charge in [0.15, 0.2) is 23.9 Å². The Morgan fingerprint density at radius 2 is 1.50 bits per heavy atom. The van der Waals surface area contributed by atoms with Gasteiger partial charge >= 0.3 is 0 Å². The zero-order valence-corrected chi connectivity index (χ0v) is 14.6. The van der Waals surface area contributed by atoms with E-state index in [-0.39, 0.29) is 0 Å². The summed E-state index contributed by atoms with van der Waals surface area (Å²) >= 11 is 0. The molecule has 0 fully saturated rings. The van der Waals surface area contributed by atoms with Gasteiger partial charge < -0.3 is 13.3 Å². The van der Waals surface area contributed by atoms with Crippen molar-refractivity contribution in [3.63, 3.8) is 0 Å². The molecule has 0 spiro atoms. The van der Waals surface area contributed by atoms with Crippen molar-refractivity contribution in [2.24, 2.45) is 0 Å². The zero-order chi connectivity index (χ0) is 11.2. The molecule has 0 heterocycles. The third-order valence-electron chi connectivity index (χ3n) is 1.80. The first-order valence-electron chi connectivity index (χ1n) is 5.30. The quantitative estimate of drug-likeness (QED) is 0.485. The number of hydrogen-bond acceptors (Lipinski definition) is 3. The van der Waals surface area contributed by atoms with Crippen LogP contribution in [0.3, 0.4) is 0 Å². The van der Waals surface area contributed by atoms with Crippen molar-refractivity contribution in [2.45, 2.75) is 45.3 Å². The summed E-state index contributed by atoms with van der Waals surface area (Å²) in [4.78, 5) is 0. The molecule has 0 atom stereocenters. The van der Waals surface area contributed by atoms with E-state index in [9.17, 15) is 0 Å². The maximum absolute atomic E-state index is 5.99. The Labute approximate surface area is 94.1 Å². The average molecular weight is 253 g/mol. The van der Waals surface area contributed by atoms with Crippen LogP contribution in [0.2, 0.25) is 26.2 Å². The minimum Gasteiger partial charge on any atom is -0.423 e. The summed E-state index contributed by atoms with van der Waals surface area (Å²) < 4.78 is 17.3. The van der Waals surface area contributed by atoms with Crippen molar-refractivity contribution in [3.8, 4) is 0 Å². The second kappa shape index (κ2) is 6.91.